The van der Waals surface area contributed by atoms with Crippen LogP contribution < -0.4 is 16.0 Å². The largest absolute Gasteiger partial charge is 0.356 e. The van der Waals surface area contributed by atoms with Crippen molar-refractivity contribution in [2.45, 2.75) is 64.8 Å². The third-order valence-electron chi connectivity index (χ3n) is 7.28. The lowest BCUT2D eigenvalue weighted by Crippen LogP contribution is -2.55. The first kappa shape index (κ1) is 24.2. The quantitative estimate of drug-likeness (QED) is 0.231. The van der Waals surface area contributed by atoms with Crippen molar-refractivity contribution < 1.29 is 9.59 Å². The monoisotopic (exact) mass is 519 g/mol. The van der Waals surface area contributed by atoms with E-state index in [4.69, 9.17) is 0 Å². The summed E-state index contributed by atoms with van der Waals surface area (Å²) in [7, 11) is 1.84. The zero-order valence-corrected chi connectivity index (χ0v) is 20.6. The van der Waals surface area contributed by atoms with Gasteiger partial charge in [0.15, 0.2) is 5.96 Å². The van der Waals surface area contributed by atoms with E-state index in [2.05, 4.69) is 39.7 Å². The van der Waals surface area contributed by atoms with E-state index in [1.807, 2.05) is 14.0 Å². The van der Waals surface area contributed by atoms with Gasteiger partial charge in [0.1, 0.15) is 5.54 Å². The second-order valence-electron chi connectivity index (χ2n) is 9.32. The van der Waals surface area contributed by atoms with Crippen molar-refractivity contribution in [1.82, 2.24) is 20.9 Å². The molecule has 3 aliphatic rings. The zero-order chi connectivity index (χ0) is 20.3. The Bertz CT molecular complexity index is 610. The maximum Gasteiger partial charge on any atom is 0.322 e. The molecule has 2 aliphatic heterocycles. The van der Waals surface area contributed by atoms with Gasteiger partial charge in [0.25, 0.3) is 5.91 Å². The minimum absolute atomic E-state index is 0. The van der Waals surface area contributed by atoms with Gasteiger partial charge in [-0.15, -0.1) is 24.0 Å². The number of hydrogen-bond acceptors (Lipinski definition) is 3. The van der Waals surface area contributed by atoms with E-state index >= 15 is 0 Å². The highest BCUT2D eigenvalue weighted by atomic mass is 127. The molecule has 8 heteroatoms. The third kappa shape index (κ3) is 5.55. The number of amides is 3. The van der Waals surface area contributed by atoms with Gasteiger partial charge in [-0.1, -0.05) is 13.8 Å². The number of aliphatic imine (C=N–C) groups is 1. The lowest BCUT2D eigenvalue weighted by atomic mass is 9.77. The molecule has 3 amide bonds. The molecule has 1 unspecified atom stereocenters. The Balaban J connectivity index is 0.00000300. The molecule has 0 bridgehead atoms. The van der Waals surface area contributed by atoms with Crippen LogP contribution in [0.5, 0.6) is 0 Å². The van der Waals surface area contributed by atoms with Crippen LogP contribution in [0.3, 0.4) is 0 Å². The molecule has 7 nitrogen and oxygen atoms in total. The van der Waals surface area contributed by atoms with Crippen molar-refractivity contribution in [3.8, 4) is 0 Å². The molecule has 0 aromatic rings. The smallest absolute Gasteiger partial charge is 0.322 e. The lowest BCUT2D eigenvalue weighted by molar-refractivity contribution is -0.125. The minimum atomic E-state index is -0.783. The zero-order valence-electron chi connectivity index (χ0n) is 18.3. The van der Waals surface area contributed by atoms with Crippen LogP contribution in [0.2, 0.25) is 0 Å². The highest BCUT2D eigenvalue weighted by Gasteiger charge is 2.48. The van der Waals surface area contributed by atoms with E-state index in [1.165, 1.54) is 25.7 Å². The molecule has 1 atom stereocenters. The highest BCUT2D eigenvalue weighted by Crippen LogP contribution is 2.33. The van der Waals surface area contributed by atoms with E-state index in [0.717, 1.165) is 56.2 Å². The SMILES string of the molecule is CN=C(NCC1CCC(C(C)C)CC1)N1CCC(C2(C)NC(=O)NC2=O)CC1.I. The number of hydrogen-bond donors (Lipinski definition) is 3. The topological polar surface area (TPSA) is 85.8 Å². The number of imide groups is 1. The van der Waals surface area contributed by atoms with Crippen molar-refractivity contribution in [3.05, 3.63) is 0 Å². The standard InChI is InChI=1S/C21H37N5O2.HI/c1-14(2)16-7-5-15(6-8-16)13-23-19(22-4)26-11-9-17(10-12-26)21(3)18(27)24-20(28)25-21;/h14-17H,5-13H2,1-4H3,(H,22,23)(H2,24,25,27,28);1H. The Morgan fingerprint density at radius 3 is 2.28 bits per heavy atom. The van der Waals surface area contributed by atoms with Gasteiger partial charge in [0.2, 0.25) is 0 Å². The van der Waals surface area contributed by atoms with E-state index in [9.17, 15) is 9.59 Å². The van der Waals surface area contributed by atoms with Gasteiger partial charge in [-0.25, -0.2) is 4.79 Å². The second-order valence-corrected chi connectivity index (χ2v) is 9.32. The molecule has 2 saturated heterocycles. The van der Waals surface area contributed by atoms with Crippen LogP contribution >= 0.6 is 24.0 Å². The molecular formula is C21H38IN5O2. The summed E-state index contributed by atoms with van der Waals surface area (Å²) in [6.07, 6.45) is 7.04. The van der Waals surface area contributed by atoms with Gasteiger partial charge in [-0.2, -0.15) is 0 Å². The number of carbonyl (C=O) groups is 2. The summed E-state index contributed by atoms with van der Waals surface area (Å²) in [6, 6.07) is -0.375. The average molecular weight is 519 g/mol. The first-order valence-corrected chi connectivity index (χ1v) is 10.9. The van der Waals surface area contributed by atoms with Gasteiger partial charge in [0, 0.05) is 26.7 Å². The lowest BCUT2D eigenvalue weighted by Gasteiger charge is -2.40. The average Bonchev–Trinajstić information content (AvgIpc) is 2.95. The number of carbonyl (C=O) groups excluding carboxylic acids is 2. The molecule has 3 rings (SSSR count). The Labute approximate surface area is 192 Å². The van der Waals surface area contributed by atoms with Gasteiger partial charge in [0.05, 0.1) is 0 Å². The van der Waals surface area contributed by atoms with Crippen molar-refractivity contribution in [1.29, 1.82) is 0 Å². The normalized spacial score (nSPS) is 31.3. The van der Waals surface area contributed by atoms with Crippen LogP contribution in [0.25, 0.3) is 0 Å². The van der Waals surface area contributed by atoms with Crippen LogP contribution in [0.15, 0.2) is 4.99 Å². The molecule has 0 aromatic carbocycles. The van der Waals surface area contributed by atoms with Crippen molar-refractivity contribution >= 4 is 41.9 Å². The third-order valence-corrected chi connectivity index (χ3v) is 7.28. The Hall–Kier alpha value is -1.06. The Morgan fingerprint density at radius 2 is 1.79 bits per heavy atom. The number of urea groups is 1. The second kappa shape index (κ2) is 10.3. The van der Waals surface area contributed by atoms with Crippen LogP contribution in [0.4, 0.5) is 4.79 Å². The summed E-state index contributed by atoms with van der Waals surface area (Å²) >= 11 is 0. The van der Waals surface area contributed by atoms with E-state index in [-0.39, 0.29) is 41.8 Å². The van der Waals surface area contributed by atoms with Gasteiger partial charge in [-0.3, -0.25) is 15.1 Å². The molecular weight excluding hydrogens is 481 g/mol. The van der Waals surface area contributed by atoms with Crippen molar-refractivity contribution in [2.75, 3.05) is 26.7 Å². The Kier molecular flexibility index (Phi) is 8.60. The molecule has 166 valence electrons. The van der Waals surface area contributed by atoms with Crippen LogP contribution in [-0.2, 0) is 4.79 Å². The predicted octanol–water partition coefficient (Wildman–Crippen LogP) is 2.95. The van der Waals surface area contributed by atoms with E-state index in [0.29, 0.717) is 0 Å². The maximum atomic E-state index is 12.2. The predicted molar refractivity (Wildman–Crippen MR) is 126 cm³/mol. The molecule has 1 aliphatic carbocycles. The van der Waals surface area contributed by atoms with Gasteiger partial charge < -0.3 is 15.5 Å². The molecule has 29 heavy (non-hydrogen) atoms. The summed E-state index contributed by atoms with van der Waals surface area (Å²) < 4.78 is 0. The minimum Gasteiger partial charge on any atom is -0.356 e. The summed E-state index contributed by atoms with van der Waals surface area (Å²) in [5, 5.41) is 8.79. The number of rotatable bonds is 4. The van der Waals surface area contributed by atoms with Gasteiger partial charge >= 0.3 is 6.03 Å². The summed E-state index contributed by atoms with van der Waals surface area (Å²) in [5.41, 5.74) is -0.783. The summed E-state index contributed by atoms with van der Waals surface area (Å²) in [6.45, 7) is 9.22. The van der Waals surface area contributed by atoms with E-state index in [1.54, 1.807) is 0 Å². The van der Waals surface area contributed by atoms with Crippen molar-refractivity contribution in [3.63, 3.8) is 0 Å². The fourth-order valence-electron chi connectivity index (χ4n) is 5.14. The number of nitrogens with zero attached hydrogens (tertiary/aromatic N) is 2. The fourth-order valence-corrected chi connectivity index (χ4v) is 5.14. The molecule has 0 spiro atoms. The molecule has 1 saturated carbocycles. The number of halogens is 1. The maximum absolute atomic E-state index is 12.2. The van der Waals surface area contributed by atoms with Crippen LogP contribution in [0, 0.1) is 23.7 Å². The molecule has 0 radical (unpaired) electrons. The van der Waals surface area contributed by atoms with E-state index < -0.39 is 5.54 Å². The number of likely N-dealkylation sites (tertiary alicyclic amines) is 1. The Morgan fingerprint density at radius 1 is 1.17 bits per heavy atom. The molecule has 3 fully saturated rings. The first-order valence-electron chi connectivity index (χ1n) is 10.9. The molecule has 2 heterocycles. The number of nitrogens with one attached hydrogen (secondary N) is 3. The van der Waals surface area contributed by atoms with Crippen molar-refractivity contribution in [2.24, 2.45) is 28.7 Å². The van der Waals surface area contributed by atoms with Crippen LogP contribution in [-0.4, -0.2) is 55.0 Å². The highest BCUT2D eigenvalue weighted by molar-refractivity contribution is 14.0. The summed E-state index contributed by atoms with van der Waals surface area (Å²) in [5.74, 6) is 3.35. The molecule has 0 aromatic heterocycles. The number of piperidine rings is 1. The first-order chi connectivity index (χ1) is 13.3. The van der Waals surface area contributed by atoms with Crippen LogP contribution in [0.1, 0.15) is 59.3 Å². The summed E-state index contributed by atoms with van der Waals surface area (Å²) in [4.78, 5) is 30.5. The number of guanidine groups is 1. The molecule has 3 N–H and O–H groups in total. The van der Waals surface area contributed by atoms with Gasteiger partial charge in [-0.05, 0) is 69.1 Å². The fraction of sp³-hybridized carbons (Fsp3) is 0.857.